The van der Waals surface area contributed by atoms with Crippen molar-refractivity contribution in [2.24, 2.45) is 9.98 Å². The molecule has 2 aromatic heterocycles. The van der Waals surface area contributed by atoms with E-state index >= 15 is 0 Å². The molecular formula is C58H48B2F4N4O2. The first-order valence-electron chi connectivity index (χ1n) is 23.1. The summed E-state index contributed by atoms with van der Waals surface area (Å²) in [6, 6.07) is 35.3. The summed E-state index contributed by atoms with van der Waals surface area (Å²) >= 11 is 0. The third-order valence-electron chi connectivity index (χ3n) is 13.4. The molecule has 346 valence electrons. The van der Waals surface area contributed by atoms with Crippen molar-refractivity contribution in [1.29, 1.82) is 0 Å². The van der Waals surface area contributed by atoms with Gasteiger partial charge in [0.15, 0.2) is 0 Å². The predicted molar refractivity (Wildman–Crippen MR) is 282 cm³/mol. The highest BCUT2D eigenvalue weighted by molar-refractivity contribution is 6.42. The maximum atomic E-state index is 14.7. The zero-order chi connectivity index (χ0) is 49.1. The van der Waals surface area contributed by atoms with Gasteiger partial charge in [0.05, 0.1) is 25.6 Å². The molecule has 6 nitrogen and oxygen atoms in total. The molecule has 0 bridgehead atoms. The molecule has 0 aliphatic carbocycles. The van der Waals surface area contributed by atoms with E-state index in [2.05, 4.69) is 60.7 Å². The maximum absolute atomic E-state index is 14.7. The second-order valence-electron chi connectivity index (χ2n) is 18.0. The second kappa shape index (κ2) is 18.2. The molecule has 2 aliphatic rings. The van der Waals surface area contributed by atoms with E-state index in [-0.39, 0.29) is 0 Å². The molecule has 0 atom stereocenters. The van der Waals surface area contributed by atoms with Crippen molar-refractivity contribution in [2.75, 3.05) is 14.2 Å². The van der Waals surface area contributed by atoms with Gasteiger partial charge >= 0.3 is 14.8 Å². The summed E-state index contributed by atoms with van der Waals surface area (Å²) in [5, 5.41) is 3.67. The average molecular weight is 931 g/mol. The first kappa shape index (κ1) is 45.9. The third kappa shape index (κ3) is 7.81. The van der Waals surface area contributed by atoms with Gasteiger partial charge in [-0.05, 0) is 157 Å². The fourth-order valence-corrected chi connectivity index (χ4v) is 10.8. The first-order valence-corrected chi connectivity index (χ1v) is 23.1. The molecule has 10 rings (SSSR count). The molecule has 2 aliphatic heterocycles. The molecule has 0 N–H and O–H groups in total. The van der Waals surface area contributed by atoms with Crippen molar-refractivity contribution in [3.63, 3.8) is 0 Å². The van der Waals surface area contributed by atoms with Crippen LogP contribution >= 0.6 is 0 Å². The Hall–Kier alpha value is -7.85. The SMILES string of the molecule is COc1c(C2=C/C(=C(\c3c(C)cc(C)cc3C)c3cccn3B(F)F)N=C2)cc2ccccc2c1-c1c(OC)c(C2=C/C(=C(/c3c(C)cc(C)cc3C)c3cccn3B(F)F)N=C2)cc2ccccc12. The van der Waals surface area contributed by atoms with Crippen LogP contribution in [0.2, 0.25) is 0 Å². The number of halogens is 4. The van der Waals surface area contributed by atoms with E-state index in [9.17, 15) is 17.3 Å². The van der Waals surface area contributed by atoms with Gasteiger partial charge in [0, 0.05) is 68.4 Å². The van der Waals surface area contributed by atoms with E-state index in [1.54, 1.807) is 50.9 Å². The molecule has 12 heteroatoms. The van der Waals surface area contributed by atoms with Crippen molar-refractivity contribution in [1.82, 2.24) is 8.96 Å². The summed E-state index contributed by atoms with van der Waals surface area (Å²) in [5.74, 6) is 1.13. The number of ether oxygens (including phenoxy) is 2. The van der Waals surface area contributed by atoms with Gasteiger partial charge in [-0.3, -0.25) is 27.2 Å². The van der Waals surface area contributed by atoms with Gasteiger partial charge in [-0.15, -0.1) is 0 Å². The van der Waals surface area contributed by atoms with Crippen LogP contribution in [0.5, 0.6) is 11.5 Å². The van der Waals surface area contributed by atoms with Crippen LogP contribution in [0, 0.1) is 41.5 Å². The lowest BCUT2D eigenvalue weighted by atomic mass is 9.86. The van der Waals surface area contributed by atoms with Crippen molar-refractivity contribution in [3.8, 4) is 22.6 Å². The van der Waals surface area contributed by atoms with Crippen LogP contribution in [0.1, 0.15) is 67.0 Å². The number of hydrogen-bond acceptors (Lipinski definition) is 4. The monoisotopic (exact) mass is 930 g/mol. The van der Waals surface area contributed by atoms with Crippen LogP contribution in [0.15, 0.2) is 155 Å². The Morgan fingerprint density at radius 1 is 0.486 bits per heavy atom. The molecule has 4 heterocycles. The van der Waals surface area contributed by atoms with Crippen LogP contribution in [0.25, 0.3) is 55.0 Å². The molecular weight excluding hydrogens is 882 g/mol. The number of rotatable bonds is 11. The van der Waals surface area contributed by atoms with Crippen molar-refractivity contribution in [2.45, 2.75) is 41.5 Å². The Morgan fingerprint density at radius 2 is 0.857 bits per heavy atom. The third-order valence-corrected chi connectivity index (χ3v) is 13.4. The highest BCUT2D eigenvalue weighted by atomic mass is 19.2. The minimum absolute atomic E-state index is 0.357. The Labute approximate surface area is 405 Å². The van der Waals surface area contributed by atoms with Gasteiger partial charge in [-0.1, -0.05) is 83.9 Å². The van der Waals surface area contributed by atoms with Crippen molar-refractivity contribution in [3.05, 3.63) is 212 Å². The molecule has 0 unspecified atom stereocenters. The summed E-state index contributed by atoms with van der Waals surface area (Å²) in [5.41, 5.74) is 15.2. The van der Waals surface area contributed by atoms with E-state index in [0.717, 1.165) is 108 Å². The Balaban J connectivity index is 1.23. The van der Waals surface area contributed by atoms with Crippen LogP contribution < -0.4 is 9.47 Å². The zero-order valence-corrected chi connectivity index (χ0v) is 40.1. The highest BCUT2D eigenvalue weighted by Crippen LogP contribution is 2.52. The molecule has 0 radical (unpaired) electrons. The number of fused-ring (bicyclic) bond motifs is 2. The predicted octanol–water partition coefficient (Wildman–Crippen LogP) is 14.5. The standard InChI is InChI=1S/C58H48B2F4N4O2/c1-33-23-35(3)51(36(4)24-33)55(49-19-13-21-67(49)59(61)62)47-29-41(31-65-47)45-27-39-15-9-11-17-43(39)53(57(45)69-7)54-44-18-12-10-16-40(44)28-46(58(54)70-8)42-30-48(66-32-42)56(50-20-14-22-68(50)60(63)64)52-37(5)25-34(2)26-38(52)6/h9-32H,1-8H3/b55-47-,56-48+. The summed E-state index contributed by atoms with van der Waals surface area (Å²) < 4.78 is 73.7. The lowest BCUT2D eigenvalue weighted by molar-refractivity contribution is 0.410. The molecule has 0 saturated heterocycles. The largest absolute Gasteiger partial charge is 0.677 e. The number of aromatic nitrogens is 2. The zero-order valence-electron chi connectivity index (χ0n) is 40.1. The number of benzene rings is 6. The fraction of sp³-hybridized carbons (Fsp3) is 0.138. The molecule has 6 aromatic carbocycles. The van der Waals surface area contributed by atoms with E-state index in [0.29, 0.717) is 45.4 Å². The molecule has 0 amide bonds. The van der Waals surface area contributed by atoms with Crippen LogP contribution in [-0.2, 0) is 0 Å². The number of aryl methyl sites for hydroxylation is 6. The normalized spacial score (nSPS) is 14.7. The highest BCUT2D eigenvalue weighted by Gasteiger charge is 2.31. The Kier molecular flexibility index (Phi) is 12.0. The first-order chi connectivity index (χ1) is 33.8. The van der Waals surface area contributed by atoms with E-state index in [1.165, 1.54) is 12.4 Å². The van der Waals surface area contributed by atoms with Crippen LogP contribution in [-0.4, -0.2) is 50.4 Å². The summed E-state index contributed by atoms with van der Waals surface area (Å²) in [4.78, 5) is 9.97. The summed E-state index contributed by atoms with van der Waals surface area (Å²) in [7, 11) is -2.23. The second-order valence-corrected chi connectivity index (χ2v) is 18.0. The Bertz CT molecular complexity index is 3380. The fourth-order valence-electron chi connectivity index (χ4n) is 10.8. The number of allylic oxidation sites excluding steroid dienone is 4. The quantitative estimate of drug-likeness (QED) is 0.0958. The Morgan fingerprint density at radius 3 is 1.21 bits per heavy atom. The van der Waals surface area contributed by atoms with Gasteiger partial charge in [0.1, 0.15) is 11.5 Å². The van der Waals surface area contributed by atoms with Gasteiger partial charge in [0.2, 0.25) is 0 Å². The van der Waals surface area contributed by atoms with Crippen LogP contribution in [0.3, 0.4) is 0 Å². The van der Waals surface area contributed by atoms with E-state index < -0.39 is 14.8 Å². The number of aliphatic imine (C=N–C) groups is 2. The average Bonchev–Trinajstić information content (AvgIpc) is 4.18. The number of methoxy groups -OCH3 is 2. The minimum Gasteiger partial charge on any atom is -0.495 e. The maximum Gasteiger partial charge on any atom is 0.677 e. The lowest BCUT2D eigenvalue weighted by Gasteiger charge is -2.22. The van der Waals surface area contributed by atoms with Crippen molar-refractivity contribution >= 4 is 71.1 Å². The molecule has 0 spiro atoms. The molecule has 0 saturated carbocycles. The molecule has 8 aromatic rings. The number of nitrogens with zero attached hydrogens (tertiary/aromatic N) is 4. The molecule has 70 heavy (non-hydrogen) atoms. The van der Waals surface area contributed by atoms with E-state index in [1.807, 2.05) is 78.0 Å². The van der Waals surface area contributed by atoms with Crippen LogP contribution in [0.4, 0.5) is 17.3 Å². The van der Waals surface area contributed by atoms with Gasteiger partial charge in [-0.2, -0.15) is 0 Å². The summed E-state index contributed by atoms with van der Waals surface area (Å²) in [6.45, 7) is 12.0. The topological polar surface area (TPSA) is 53.0 Å². The summed E-state index contributed by atoms with van der Waals surface area (Å²) in [6.07, 6.45) is 10.2. The minimum atomic E-state index is -2.76. The smallest absolute Gasteiger partial charge is 0.495 e. The van der Waals surface area contributed by atoms with Crippen molar-refractivity contribution < 1.29 is 26.7 Å². The van der Waals surface area contributed by atoms with E-state index in [4.69, 9.17) is 19.5 Å². The van der Waals surface area contributed by atoms with Gasteiger partial charge in [-0.25, -0.2) is 0 Å². The lowest BCUT2D eigenvalue weighted by Crippen LogP contribution is -2.15. The van der Waals surface area contributed by atoms with Gasteiger partial charge < -0.3 is 18.4 Å². The van der Waals surface area contributed by atoms with Gasteiger partial charge in [0.25, 0.3) is 0 Å². The molecule has 0 fully saturated rings. The number of hydrogen-bond donors (Lipinski definition) is 0.